The Morgan fingerprint density at radius 3 is 2.74 bits per heavy atom. The molecule has 1 aromatic heterocycles. The van der Waals surface area contributed by atoms with Gasteiger partial charge < -0.3 is 5.11 Å². The zero-order chi connectivity index (χ0) is 14.0. The molecule has 98 valence electrons. The zero-order valence-electron chi connectivity index (χ0n) is 9.53. The molecule has 2 aromatic rings. The summed E-state index contributed by atoms with van der Waals surface area (Å²) in [6.07, 6.45) is 1.65. The van der Waals surface area contributed by atoms with Gasteiger partial charge in [-0.15, -0.1) is 0 Å². The molecule has 19 heavy (non-hydrogen) atoms. The summed E-state index contributed by atoms with van der Waals surface area (Å²) in [6.45, 7) is 0. The molecule has 0 aliphatic carbocycles. The molecule has 0 unspecified atom stereocenters. The second-order valence-corrected chi connectivity index (χ2v) is 5.94. The van der Waals surface area contributed by atoms with Crippen LogP contribution < -0.4 is 0 Å². The molecule has 2 rings (SSSR count). The molecule has 6 heteroatoms. The highest BCUT2D eigenvalue weighted by molar-refractivity contribution is 14.1. The maximum atomic E-state index is 13.8. The van der Waals surface area contributed by atoms with E-state index in [0.29, 0.717) is 15.7 Å². The van der Waals surface area contributed by atoms with Crippen molar-refractivity contribution in [1.29, 1.82) is 0 Å². The summed E-state index contributed by atoms with van der Waals surface area (Å²) in [7, 11) is 0. The molecule has 0 aliphatic heterocycles. The van der Waals surface area contributed by atoms with E-state index in [0.717, 1.165) is 3.57 Å². The Bertz CT molecular complexity index is 649. The van der Waals surface area contributed by atoms with Gasteiger partial charge in [0.05, 0.1) is 5.56 Å². The van der Waals surface area contributed by atoms with Gasteiger partial charge in [-0.1, -0.05) is 6.07 Å². The Morgan fingerprint density at radius 2 is 2.11 bits per heavy atom. The molecule has 1 N–H and O–H groups in total. The summed E-state index contributed by atoms with van der Waals surface area (Å²) in [4.78, 5) is 15.2. The molecular weight excluding hydrogens is 428 g/mol. The number of hydrogen-bond donors (Lipinski definition) is 1. The lowest BCUT2D eigenvalue weighted by atomic mass is 10.0. The predicted molar refractivity (Wildman–Crippen MR) is 80.8 cm³/mol. The molecule has 0 spiro atoms. The van der Waals surface area contributed by atoms with E-state index in [1.165, 1.54) is 18.3 Å². The van der Waals surface area contributed by atoms with E-state index in [4.69, 9.17) is 5.11 Å². The first-order valence-corrected chi connectivity index (χ1v) is 7.16. The summed E-state index contributed by atoms with van der Waals surface area (Å²) in [5.41, 5.74) is 1.06. The minimum atomic E-state index is -1.05. The highest BCUT2D eigenvalue weighted by Crippen LogP contribution is 2.20. The number of hydrogen-bond acceptors (Lipinski definition) is 2. The van der Waals surface area contributed by atoms with Gasteiger partial charge in [0.25, 0.3) is 0 Å². The number of halogens is 3. The SMILES string of the molecule is O=C(O)c1cc(Br)ncc1Cc1ccc(I)cc1F. The van der Waals surface area contributed by atoms with Gasteiger partial charge in [0.2, 0.25) is 0 Å². The van der Waals surface area contributed by atoms with E-state index in [-0.39, 0.29) is 17.8 Å². The number of carbonyl (C=O) groups is 1. The zero-order valence-corrected chi connectivity index (χ0v) is 13.3. The van der Waals surface area contributed by atoms with Gasteiger partial charge >= 0.3 is 5.97 Å². The fourth-order valence-electron chi connectivity index (χ4n) is 1.67. The lowest BCUT2D eigenvalue weighted by Gasteiger charge is -2.07. The summed E-state index contributed by atoms with van der Waals surface area (Å²) < 4.78 is 15.0. The van der Waals surface area contributed by atoms with Gasteiger partial charge in [-0.2, -0.15) is 0 Å². The van der Waals surface area contributed by atoms with Crippen molar-refractivity contribution in [2.75, 3.05) is 0 Å². The number of pyridine rings is 1. The maximum absolute atomic E-state index is 13.8. The van der Waals surface area contributed by atoms with Crippen LogP contribution in [0, 0.1) is 9.39 Å². The molecule has 0 radical (unpaired) electrons. The third kappa shape index (κ3) is 3.50. The van der Waals surface area contributed by atoms with Crippen LogP contribution in [0.15, 0.2) is 35.1 Å². The predicted octanol–water partition coefficient (Wildman–Crippen LogP) is 3.88. The summed E-state index contributed by atoms with van der Waals surface area (Å²) in [6, 6.07) is 6.28. The van der Waals surface area contributed by atoms with E-state index in [9.17, 15) is 9.18 Å². The maximum Gasteiger partial charge on any atom is 0.336 e. The molecule has 3 nitrogen and oxygen atoms in total. The van der Waals surface area contributed by atoms with Crippen LogP contribution in [0.1, 0.15) is 21.5 Å². The number of carboxylic acids is 1. The molecule has 1 aromatic carbocycles. The first-order valence-electron chi connectivity index (χ1n) is 5.29. The topological polar surface area (TPSA) is 50.2 Å². The van der Waals surface area contributed by atoms with E-state index < -0.39 is 5.97 Å². The summed E-state index contributed by atoms with van der Waals surface area (Å²) in [5, 5.41) is 9.14. The number of carboxylic acid groups (broad SMARTS) is 1. The van der Waals surface area contributed by atoms with Crippen molar-refractivity contribution < 1.29 is 14.3 Å². The molecule has 0 aliphatic rings. The van der Waals surface area contributed by atoms with Crippen LogP contribution in [-0.2, 0) is 6.42 Å². The third-order valence-electron chi connectivity index (χ3n) is 2.58. The second kappa shape index (κ2) is 5.96. The van der Waals surface area contributed by atoms with Crippen molar-refractivity contribution in [3.8, 4) is 0 Å². The van der Waals surface area contributed by atoms with Crippen LogP contribution in [0.4, 0.5) is 4.39 Å². The van der Waals surface area contributed by atoms with Crippen molar-refractivity contribution in [2.45, 2.75) is 6.42 Å². The molecule has 0 amide bonds. The Hall–Kier alpha value is -1.02. The molecule has 0 bridgehead atoms. The summed E-state index contributed by atoms with van der Waals surface area (Å²) >= 11 is 5.15. The third-order valence-corrected chi connectivity index (χ3v) is 3.68. The smallest absolute Gasteiger partial charge is 0.336 e. The van der Waals surface area contributed by atoms with Gasteiger partial charge in [-0.3, -0.25) is 0 Å². The standard InChI is InChI=1S/C13H8BrFINO2/c14-12-5-10(13(18)19)8(6-17-12)3-7-1-2-9(16)4-11(7)15/h1-2,4-6H,3H2,(H,18,19). The van der Waals surface area contributed by atoms with Crippen LogP contribution in [-0.4, -0.2) is 16.1 Å². The largest absolute Gasteiger partial charge is 0.478 e. The van der Waals surface area contributed by atoms with Gasteiger partial charge in [0, 0.05) is 16.2 Å². The van der Waals surface area contributed by atoms with E-state index >= 15 is 0 Å². The monoisotopic (exact) mass is 435 g/mol. The van der Waals surface area contributed by atoms with Gasteiger partial charge in [0.1, 0.15) is 10.4 Å². The van der Waals surface area contributed by atoms with Crippen LogP contribution in [0.25, 0.3) is 0 Å². The van der Waals surface area contributed by atoms with Gasteiger partial charge in [-0.05, 0) is 67.8 Å². The average molecular weight is 436 g/mol. The number of nitrogens with zero attached hydrogens (tertiary/aromatic N) is 1. The number of benzene rings is 1. The molecule has 1 heterocycles. The number of aromatic carboxylic acids is 1. The lowest BCUT2D eigenvalue weighted by molar-refractivity contribution is 0.0695. The van der Waals surface area contributed by atoms with Crippen molar-refractivity contribution in [2.24, 2.45) is 0 Å². The molecule has 0 fully saturated rings. The average Bonchev–Trinajstić information content (AvgIpc) is 2.34. The molecular formula is C13H8BrFINO2. The van der Waals surface area contributed by atoms with Gasteiger partial charge in [0.15, 0.2) is 0 Å². The quantitative estimate of drug-likeness (QED) is 0.588. The second-order valence-electron chi connectivity index (χ2n) is 3.88. The van der Waals surface area contributed by atoms with Crippen molar-refractivity contribution in [1.82, 2.24) is 4.98 Å². The normalized spacial score (nSPS) is 10.5. The summed E-state index contributed by atoms with van der Waals surface area (Å²) in [5.74, 6) is -1.39. The Morgan fingerprint density at radius 1 is 1.37 bits per heavy atom. The fourth-order valence-corrected chi connectivity index (χ4v) is 2.45. The first kappa shape index (κ1) is 14.4. The number of rotatable bonds is 3. The van der Waals surface area contributed by atoms with E-state index in [1.54, 1.807) is 12.1 Å². The van der Waals surface area contributed by atoms with Crippen molar-refractivity contribution in [3.63, 3.8) is 0 Å². The highest BCUT2D eigenvalue weighted by atomic mass is 127. The Balaban J connectivity index is 2.40. The molecule has 0 atom stereocenters. The Labute approximate surface area is 131 Å². The van der Waals surface area contributed by atoms with Crippen LogP contribution in [0.5, 0.6) is 0 Å². The first-order chi connectivity index (χ1) is 8.97. The highest BCUT2D eigenvalue weighted by Gasteiger charge is 2.13. The molecule has 0 saturated heterocycles. The Kier molecular flexibility index (Phi) is 4.51. The lowest BCUT2D eigenvalue weighted by Crippen LogP contribution is -2.05. The van der Waals surface area contributed by atoms with Crippen LogP contribution in [0.3, 0.4) is 0 Å². The van der Waals surface area contributed by atoms with Crippen LogP contribution >= 0.6 is 38.5 Å². The fraction of sp³-hybridized carbons (Fsp3) is 0.0769. The minimum absolute atomic E-state index is 0.125. The van der Waals surface area contributed by atoms with Crippen molar-refractivity contribution >= 4 is 44.5 Å². The van der Waals surface area contributed by atoms with Gasteiger partial charge in [-0.25, -0.2) is 14.2 Å². The van der Waals surface area contributed by atoms with E-state index in [1.807, 2.05) is 22.6 Å². The minimum Gasteiger partial charge on any atom is -0.478 e. The van der Waals surface area contributed by atoms with Crippen molar-refractivity contribution in [3.05, 3.63) is 61.1 Å². The number of aromatic nitrogens is 1. The molecule has 0 saturated carbocycles. The van der Waals surface area contributed by atoms with E-state index in [2.05, 4.69) is 20.9 Å². The van der Waals surface area contributed by atoms with Crippen LogP contribution in [0.2, 0.25) is 0 Å².